The van der Waals surface area contributed by atoms with Crippen LogP contribution >= 0.6 is 11.3 Å². The predicted octanol–water partition coefficient (Wildman–Crippen LogP) is 1.27. The van der Waals surface area contributed by atoms with E-state index in [4.69, 9.17) is 0 Å². The Morgan fingerprint density at radius 2 is 2.10 bits per heavy atom. The molecule has 3 rings (SSSR count). The van der Waals surface area contributed by atoms with Gasteiger partial charge in [-0.3, -0.25) is 15.1 Å². The van der Waals surface area contributed by atoms with Crippen molar-refractivity contribution < 1.29 is 4.79 Å². The molecular formula is C12H9N5O2S. The Hall–Kier alpha value is -2.74. The van der Waals surface area contributed by atoms with E-state index in [1.807, 2.05) is 6.07 Å². The van der Waals surface area contributed by atoms with Crippen molar-refractivity contribution in [3.63, 3.8) is 0 Å². The first-order chi connectivity index (χ1) is 9.74. The molecule has 0 spiro atoms. The van der Waals surface area contributed by atoms with Crippen molar-refractivity contribution in [3.8, 4) is 5.69 Å². The molecule has 100 valence electrons. The zero-order valence-corrected chi connectivity index (χ0v) is 10.9. The third kappa shape index (κ3) is 2.36. The number of hydrogen-bond donors (Lipinski definition) is 2. The highest BCUT2D eigenvalue weighted by atomic mass is 32.1. The van der Waals surface area contributed by atoms with Crippen molar-refractivity contribution in [1.82, 2.24) is 19.7 Å². The molecule has 0 aliphatic rings. The Labute approximate surface area is 116 Å². The molecule has 8 heteroatoms. The second-order valence-electron chi connectivity index (χ2n) is 3.82. The van der Waals surface area contributed by atoms with Crippen LogP contribution in [-0.2, 0) is 0 Å². The van der Waals surface area contributed by atoms with Crippen molar-refractivity contribution in [2.24, 2.45) is 0 Å². The van der Waals surface area contributed by atoms with Gasteiger partial charge in [0.05, 0.1) is 5.69 Å². The minimum atomic E-state index is -0.508. The first kappa shape index (κ1) is 12.3. The number of aromatic nitrogens is 4. The molecule has 0 radical (unpaired) electrons. The smallest absolute Gasteiger partial charge is 0.295 e. The van der Waals surface area contributed by atoms with Gasteiger partial charge in [0.1, 0.15) is 0 Å². The molecule has 0 saturated heterocycles. The molecule has 0 saturated carbocycles. The van der Waals surface area contributed by atoms with Gasteiger partial charge < -0.3 is 0 Å². The van der Waals surface area contributed by atoms with Gasteiger partial charge >= 0.3 is 5.69 Å². The second kappa shape index (κ2) is 5.10. The Kier molecular flexibility index (Phi) is 3.13. The fourth-order valence-electron chi connectivity index (χ4n) is 1.61. The second-order valence-corrected chi connectivity index (χ2v) is 4.71. The zero-order valence-electron chi connectivity index (χ0n) is 10.1. The van der Waals surface area contributed by atoms with E-state index in [-0.39, 0.29) is 5.82 Å². The van der Waals surface area contributed by atoms with Gasteiger partial charge in [0, 0.05) is 11.6 Å². The van der Waals surface area contributed by atoms with E-state index < -0.39 is 11.6 Å². The molecule has 0 aliphatic heterocycles. The molecule has 1 aromatic carbocycles. The number of para-hydroxylation sites is 1. The molecule has 0 aliphatic carbocycles. The van der Waals surface area contributed by atoms with Gasteiger partial charge in [0.2, 0.25) is 5.82 Å². The normalized spacial score (nSPS) is 10.4. The SMILES string of the molecule is O=C(Nc1nccs1)c1nn(-c2ccccc2)c(=O)[nH]1. The molecule has 0 fully saturated rings. The average Bonchev–Trinajstić information content (AvgIpc) is 3.09. The summed E-state index contributed by atoms with van der Waals surface area (Å²) >= 11 is 1.28. The lowest BCUT2D eigenvalue weighted by molar-refractivity contribution is 0.101. The lowest BCUT2D eigenvalue weighted by atomic mass is 10.3. The Bertz CT molecular complexity index is 776. The average molecular weight is 287 g/mol. The molecule has 2 aromatic heterocycles. The van der Waals surface area contributed by atoms with Crippen LogP contribution in [0.2, 0.25) is 0 Å². The van der Waals surface area contributed by atoms with Crippen LogP contribution < -0.4 is 11.0 Å². The molecule has 20 heavy (non-hydrogen) atoms. The summed E-state index contributed by atoms with van der Waals surface area (Å²) in [4.78, 5) is 30.1. The highest BCUT2D eigenvalue weighted by Crippen LogP contribution is 2.11. The number of anilines is 1. The van der Waals surface area contributed by atoms with Crippen LogP contribution in [0.5, 0.6) is 0 Å². The van der Waals surface area contributed by atoms with Crippen LogP contribution in [-0.4, -0.2) is 25.7 Å². The summed E-state index contributed by atoms with van der Waals surface area (Å²) in [5, 5.41) is 8.71. The summed E-state index contributed by atoms with van der Waals surface area (Å²) in [6.07, 6.45) is 1.57. The zero-order chi connectivity index (χ0) is 13.9. The Morgan fingerprint density at radius 3 is 2.80 bits per heavy atom. The minimum absolute atomic E-state index is 0.0611. The maximum Gasteiger partial charge on any atom is 0.348 e. The molecule has 0 atom stereocenters. The highest BCUT2D eigenvalue weighted by Gasteiger charge is 2.15. The van der Waals surface area contributed by atoms with Crippen LogP contribution in [0.15, 0.2) is 46.7 Å². The molecule has 3 aromatic rings. The Balaban J connectivity index is 1.89. The van der Waals surface area contributed by atoms with Crippen molar-refractivity contribution in [2.45, 2.75) is 0 Å². The quantitative estimate of drug-likeness (QED) is 0.758. The van der Waals surface area contributed by atoms with Gasteiger partial charge in [-0.1, -0.05) is 18.2 Å². The summed E-state index contributed by atoms with van der Waals surface area (Å²) in [5.74, 6) is -0.569. The van der Waals surface area contributed by atoms with Crippen LogP contribution in [0, 0.1) is 0 Å². The van der Waals surface area contributed by atoms with Crippen molar-refractivity contribution in [3.05, 3.63) is 58.2 Å². The van der Waals surface area contributed by atoms with Crippen LogP contribution in [0.1, 0.15) is 10.6 Å². The summed E-state index contributed by atoms with van der Waals surface area (Å²) in [5.41, 5.74) is 0.113. The number of rotatable bonds is 3. The van der Waals surface area contributed by atoms with E-state index in [9.17, 15) is 9.59 Å². The summed E-state index contributed by atoms with van der Waals surface area (Å²) in [7, 11) is 0. The topological polar surface area (TPSA) is 92.7 Å². The number of H-pyrrole nitrogens is 1. The van der Waals surface area contributed by atoms with E-state index >= 15 is 0 Å². The van der Waals surface area contributed by atoms with E-state index in [0.29, 0.717) is 10.8 Å². The lowest BCUT2D eigenvalue weighted by Crippen LogP contribution is -2.15. The molecular weight excluding hydrogens is 278 g/mol. The third-order valence-electron chi connectivity index (χ3n) is 2.49. The maximum atomic E-state index is 11.9. The van der Waals surface area contributed by atoms with Gasteiger partial charge in [-0.2, -0.15) is 4.68 Å². The lowest BCUT2D eigenvalue weighted by Gasteiger charge is -1.98. The van der Waals surface area contributed by atoms with E-state index in [1.165, 1.54) is 11.3 Å². The number of nitrogens with one attached hydrogen (secondary N) is 2. The van der Waals surface area contributed by atoms with Crippen LogP contribution in [0.25, 0.3) is 5.69 Å². The molecule has 2 N–H and O–H groups in total. The maximum absolute atomic E-state index is 11.9. The first-order valence-electron chi connectivity index (χ1n) is 5.69. The number of amides is 1. The largest absolute Gasteiger partial charge is 0.348 e. The van der Waals surface area contributed by atoms with Crippen LogP contribution in [0.4, 0.5) is 5.13 Å². The number of benzene rings is 1. The summed E-state index contributed by atoms with van der Waals surface area (Å²) in [6, 6.07) is 8.85. The van der Waals surface area contributed by atoms with Crippen LogP contribution in [0.3, 0.4) is 0 Å². The van der Waals surface area contributed by atoms with Gasteiger partial charge in [-0.25, -0.2) is 9.78 Å². The van der Waals surface area contributed by atoms with Crippen molar-refractivity contribution in [1.29, 1.82) is 0 Å². The van der Waals surface area contributed by atoms with Gasteiger partial charge in [-0.05, 0) is 12.1 Å². The Morgan fingerprint density at radius 1 is 1.30 bits per heavy atom. The van der Waals surface area contributed by atoms with Gasteiger partial charge in [0.25, 0.3) is 5.91 Å². The van der Waals surface area contributed by atoms with E-state index in [1.54, 1.807) is 35.8 Å². The molecule has 0 unspecified atom stereocenters. The van der Waals surface area contributed by atoms with Gasteiger partial charge in [-0.15, -0.1) is 16.4 Å². The first-order valence-corrected chi connectivity index (χ1v) is 6.57. The fourth-order valence-corrected chi connectivity index (χ4v) is 2.14. The summed E-state index contributed by atoms with van der Waals surface area (Å²) < 4.78 is 1.14. The molecule has 0 bridgehead atoms. The van der Waals surface area contributed by atoms with E-state index in [2.05, 4.69) is 20.4 Å². The highest BCUT2D eigenvalue weighted by molar-refractivity contribution is 7.13. The number of carbonyl (C=O) groups excluding carboxylic acids is 1. The fraction of sp³-hybridized carbons (Fsp3) is 0. The van der Waals surface area contributed by atoms with Crippen molar-refractivity contribution in [2.75, 3.05) is 5.32 Å². The summed E-state index contributed by atoms with van der Waals surface area (Å²) in [6.45, 7) is 0. The number of carbonyl (C=O) groups is 1. The minimum Gasteiger partial charge on any atom is -0.295 e. The number of hydrogen-bond acceptors (Lipinski definition) is 5. The monoisotopic (exact) mass is 287 g/mol. The molecule has 2 heterocycles. The van der Waals surface area contributed by atoms with Gasteiger partial charge in [0.15, 0.2) is 5.13 Å². The van der Waals surface area contributed by atoms with E-state index in [0.717, 1.165) is 4.68 Å². The number of thiazole rings is 1. The third-order valence-corrected chi connectivity index (χ3v) is 3.17. The molecule has 1 amide bonds. The predicted molar refractivity (Wildman–Crippen MR) is 74.3 cm³/mol. The molecule has 7 nitrogen and oxygen atoms in total. The van der Waals surface area contributed by atoms with Crippen molar-refractivity contribution >= 4 is 22.4 Å². The number of nitrogens with zero attached hydrogens (tertiary/aromatic N) is 3. The number of aromatic amines is 1. The standard InChI is InChI=1S/C12H9N5O2S/c18-10(15-11-13-6-7-20-11)9-14-12(19)17(16-9)8-4-2-1-3-5-8/h1-7H,(H,13,15,18)(H,14,16,19).